The van der Waals surface area contributed by atoms with Gasteiger partial charge in [-0.15, -0.1) is 0 Å². The van der Waals surface area contributed by atoms with Gasteiger partial charge in [0.2, 0.25) is 7.59 Å². The van der Waals surface area contributed by atoms with E-state index in [9.17, 15) is 0 Å². The molecule has 0 aliphatic carbocycles. The summed E-state index contributed by atoms with van der Waals surface area (Å²) in [7, 11) is 0. The molecule has 0 saturated heterocycles. The monoisotopic (exact) mass is 501 g/mol. The van der Waals surface area contributed by atoms with Gasteiger partial charge in [0.15, 0.2) is 8.67 Å². The average Bonchev–Trinajstić information content (AvgIpc) is 2.34. The number of alkyl halides is 10. The Bertz CT molecular complexity index is 494. The molecular formula is C12H7Cl10. The molecule has 1 aromatic rings. The van der Waals surface area contributed by atoms with E-state index in [0.29, 0.717) is 5.56 Å². The van der Waals surface area contributed by atoms with Crippen molar-refractivity contribution < 1.29 is 0 Å². The molecule has 0 saturated carbocycles. The van der Waals surface area contributed by atoms with Gasteiger partial charge in [-0.3, -0.25) is 0 Å². The molecule has 0 aromatic heterocycles. The molecule has 0 unspecified atom stereocenters. The Kier molecular flexibility index (Phi) is 7.45. The van der Waals surface area contributed by atoms with Crippen molar-refractivity contribution in [1.29, 1.82) is 0 Å². The van der Waals surface area contributed by atoms with Crippen molar-refractivity contribution in [3.63, 3.8) is 0 Å². The first-order valence-electron chi connectivity index (χ1n) is 5.49. The number of hydrogen-bond acceptors (Lipinski definition) is 0. The molecule has 1 aromatic carbocycles. The van der Waals surface area contributed by atoms with Crippen molar-refractivity contribution in [2.24, 2.45) is 0 Å². The lowest BCUT2D eigenvalue weighted by Crippen LogP contribution is -2.33. The minimum absolute atomic E-state index is 0.162. The fourth-order valence-corrected chi connectivity index (χ4v) is 3.07. The van der Waals surface area contributed by atoms with Crippen LogP contribution in [0.2, 0.25) is 0 Å². The Balaban J connectivity index is 3.66. The smallest absolute Gasteiger partial charge is 0.0915 e. The fraction of sp³-hybridized carbons (Fsp3) is 0.417. The topological polar surface area (TPSA) is 0 Å². The second-order valence-electron chi connectivity index (χ2n) is 4.23. The van der Waals surface area contributed by atoms with Crippen LogP contribution < -0.4 is 0 Å². The summed E-state index contributed by atoms with van der Waals surface area (Å²) >= 11 is 59.9. The van der Waals surface area contributed by atoms with E-state index < -0.39 is 16.3 Å². The van der Waals surface area contributed by atoms with Crippen LogP contribution in [0.5, 0.6) is 0 Å². The highest BCUT2D eigenvalue weighted by atomic mass is 35.6. The molecule has 0 heterocycles. The highest BCUT2D eigenvalue weighted by molar-refractivity contribution is 6.76. The number of hydrogen-bond donors (Lipinski definition) is 0. The van der Waals surface area contributed by atoms with E-state index in [1.165, 1.54) is 0 Å². The quantitative estimate of drug-likeness (QED) is 0.364. The van der Waals surface area contributed by atoms with Crippen LogP contribution in [0.1, 0.15) is 16.7 Å². The van der Waals surface area contributed by atoms with E-state index in [2.05, 4.69) is 6.92 Å². The zero-order chi connectivity index (χ0) is 17.6. The molecule has 0 fully saturated rings. The molecular weight excluding hydrogens is 499 g/mol. The standard InChI is InChI=1S/C12H7Cl10/c1-2-6-7(9(13,14)11(17,18)19)4-3-5-8(6)10(15,16)12(20,21)22/h3-5H,1-2H2. The maximum Gasteiger partial charge on any atom is 0.227 e. The first kappa shape index (κ1) is 22.2. The molecule has 1 rings (SSSR count). The maximum absolute atomic E-state index is 6.21. The lowest BCUT2D eigenvalue weighted by atomic mass is 9.94. The predicted molar refractivity (Wildman–Crippen MR) is 103 cm³/mol. The van der Waals surface area contributed by atoms with Gasteiger partial charge in [0.25, 0.3) is 0 Å². The summed E-state index contributed by atoms with van der Waals surface area (Å²) in [5.74, 6) is 0. The van der Waals surface area contributed by atoms with E-state index >= 15 is 0 Å². The molecule has 22 heavy (non-hydrogen) atoms. The fourth-order valence-electron chi connectivity index (χ4n) is 1.75. The van der Waals surface area contributed by atoms with Gasteiger partial charge >= 0.3 is 0 Å². The Hall–Kier alpha value is 2.12. The van der Waals surface area contributed by atoms with Crippen LogP contribution in [-0.4, -0.2) is 7.59 Å². The molecule has 0 aliphatic rings. The lowest BCUT2D eigenvalue weighted by molar-refractivity contribution is 0.818. The van der Waals surface area contributed by atoms with Crippen LogP contribution in [0, 0.1) is 6.92 Å². The summed E-state index contributed by atoms with van der Waals surface area (Å²) in [4.78, 5) is 0. The minimum atomic E-state index is -2.03. The van der Waals surface area contributed by atoms with Crippen molar-refractivity contribution in [2.75, 3.05) is 0 Å². The molecule has 0 bridgehead atoms. The largest absolute Gasteiger partial charge is 0.227 e. The molecule has 125 valence electrons. The van der Waals surface area contributed by atoms with Gasteiger partial charge in [-0.2, -0.15) is 0 Å². The van der Waals surface area contributed by atoms with Crippen LogP contribution in [-0.2, 0) is 15.1 Å². The Morgan fingerprint density at radius 1 is 0.682 bits per heavy atom. The summed E-state index contributed by atoms with van der Waals surface area (Å²) in [5, 5.41) is 0. The number of rotatable bonds is 3. The highest BCUT2D eigenvalue weighted by Gasteiger charge is 2.52. The van der Waals surface area contributed by atoms with Gasteiger partial charge in [0, 0.05) is 0 Å². The zero-order valence-corrected chi connectivity index (χ0v) is 18.0. The van der Waals surface area contributed by atoms with Gasteiger partial charge in [-0.25, -0.2) is 0 Å². The predicted octanol–water partition coefficient (Wildman–Crippen LogP) is 8.06. The minimum Gasteiger partial charge on any atom is -0.0915 e. The molecule has 0 atom stereocenters. The summed E-state index contributed by atoms with van der Waals surface area (Å²) in [5.41, 5.74) is 0.918. The Morgan fingerprint density at radius 2 is 1.00 bits per heavy atom. The lowest BCUT2D eigenvalue weighted by Gasteiger charge is -2.34. The van der Waals surface area contributed by atoms with Crippen LogP contribution in [0.3, 0.4) is 0 Å². The average molecular weight is 506 g/mol. The third-order valence-electron chi connectivity index (χ3n) is 2.81. The molecule has 0 nitrogen and oxygen atoms in total. The van der Waals surface area contributed by atoms with Crippen LogP contribution >= 0.6 is 116 Å². The van der Waals surface area contributed by atoms with Gasteiger partial charge < -0.3 is 0 Å². The van der Waals surface area contributed by atoms with E-state index in [0.717, 1.165) is 0 Å². The second-order valence-corrected chi connectivity index (χ2v) is 11.4. The summed E-state index contributed by atoms with van der Waals surface area (Å²) in [6, 6.07) is 4.65. The van der Waals surface area contributed by atoms with Gasteiger partial charge in [-0.05, 0) is 30.0 Å². The molecule has 0 amide bonds. The first-order chi connectivity index (χ1) is 9.68. The van der Waals surface area contributed by atoms with Gasteiger partial charge in [0.1, 0.15) is 0 Å². The second kappa shape index (κ2) is 7.39. The highest BCUT2D eigenvalue weighted by Crippen LogP contribution is 2.57. The van der Waals surface area contributed by atoms with Crippen molar-refractivity contribution in [2.45, 2.75) is 22.7 Å². The maximum atomic E-state index is 6.21. The number of halogens is 10. The first-order valence-corrected chi connectivity index (χ1v) is 9.27. The van der Waals surface area contributed by atoms with Gasteiger partial charge in [0.05, 0.1) is 0 Å². The van der Waals surface area contributed by atoms with E-state index in [1.54, 1.807) is 18.2 Å². The van der Waals surface area contributed by atoms with E-state index in [1.807, 2.05) is 0 Å². The van der Waals surface area contributed by atoms with Crippen molar-refractivity contribution in [3.05, 3.63) is 41.8 Å². The number of benzene rings is 1. The summed E-state index contributed by atoms with van der Waals surface area (Å²) in [6.07, 6.45) is 0.162. The van der Waals surface area contributed by atoms with Gasteiger partial charge in [-0.1, -0.05) is 134 Å². The van der Waals surface area contributed by atoms with Crippen LogP contribution in [0.4, 0.5) is 0 Å². The Morgan fingerprint density at radius 3 is 1.23 bits per heavy atom. The third-order valence-corrected chi connectivity index (χ3v) is 7.62. The summed E-state index contributed by atoms with van der Waals surface area (Å²) < 4.78 is -7.84. The van der Waals surface area contributed by atoms with E-state index in [-0.39, 0.29) is 17.5 Å². The van der Waals surface area contributed by atoms with Crippen molar-refractivity contribution in [3.8, 4) is 0 Å². The molecule has 0 spiro atoms. The molecule has 1 radical (unpaired) electrons. The Labute approximate surface area is 179 Å². The van der Waals surface area contributed by atoms with Crippen molar-refractivity contribution in [1.82, 2.24) is 0 Å². The SMILES string of the molecule is [CH2]Cc1c(C(Cl)(Cl)C(Cl)(Cl)Cl)cccc1C(Cl)(Cl)C(Cl)(Cl)Cl. The van der Waals surface area contributed by atoms with Crippen LogP contribution in [0.15, 0.2) is 18.2 Å². The summed E-state index contributed by atoms with van der Waals surface area (Å²) in [6.45, 7) is 3.78. The molecule has 10 heteroatoms. The van der Waals surface area contributed by atoms with Crippen molar-refractivity contribution >= 4 is 116 Å². The molecule has 0 N–H and O–H groups in total. The third kappa shape index (κ3) is 4.26. The normalized spacial score (nSPS) is 14.3. The van der Waals surface area contributed by atoms with Crippen LogP contribution in [0.25, 0.3) is 0 Å². The van der Waals surface area contributed by atoms with E-state index in [4.69, 9.17) is 116 Å². The zero-order valence-electron chi connectivity index (χ0n) is 10.4. The molecule has 0 aliphatic heterocycles.